The lowest BCUT2D eigenvalue weighted by atomic mass is 10.2. The van der Waals surface area contributed by atoms with Gasteiger partial charge in [-0.05, 0) is 64.0 Å². The van der Waals surface area contributed by atoms with Gasteiger partial charge in [-0.2, -0.15) is 5.10 Å². The van der Waals surface area contributed by atoms with Crippen LogP contribution in [0.3, 0.4) is 0 Å². The summed E-state index contributed by atoms with van der Waals surface area (Å²) in [5.41, 5.74) is 2.68. The van der Waals surface area contributed by atoms with Gasteiger partial charge in [0.15, 0.2) is 5.11 Å². The summed E-state index contributed by atoms with van der Waals surface area (Å²) in [6, 6.07) is 13.2. The lowest BCUT2D eigenvalue weighted by Crippen LogP contribution is -2.19. The molecule has 128 valence electrons. The van der Waals surface area contributed by atoms with E-state index >= 15 is 0 Å². The highest BCUT2D eigenvalue weighted by atomic mass is 79.9. The summed E-state index contributed by atoms with van der Waals surface area (Å²) in [4.78, 5) is 0. The number of nitrogens with one attached hydrogen (secondary N) is 2. The largest absolute Gasteiger partial charge is 0.332 e. The molecule has 8 heteroatoms. The molecule has 0 saturated heterocycles. The van der Waals surface area contributed by atoms with E-state index in [1.165, 1.54) is 0 Å². The number of aromatic nitrogens is 2. The third-order valence-corrected chi connectivity index (χ3v) is 4.47. The first-order valence-electron chi connectivity index (χ1n) is 7.29. The van der Waals surface area contributed by atoms with Crippen LogP contribution in [-0.4, -0.2) is 14.9 Å². The van der Waals surface area contributed by atoms with E-state index < -0.39 is 0 Å². The molecule has 0 aliphatic carbocycles. The van der Waals surface area contributed by atoms with Gasteiger partial charge in [-0.1, -0.05) is 35.3 Å². The van der Waals surface area contributed by atoms with E-state index in [0.29, 0.717) is 27.4 Å². The minimum atomic E-state index is 0.447. The molecule has 0 bridgehead atoms. The second-order valence-corrected chi connectivity index (χ2v) is 7.43. The molecule has 2 aromatic carbocycles. The molecule has 4 nitrogen and oxygen atoms in total. The van der Waals surface area contributed by atoms with Crippen LogP contribution in [-0.2, 0) is 6.54 Å². The standard InChI is InChI=1S/C17H13BrCl2N4S/c18-12-8-21-24(10-12)9-11-2-1-3-14(6-11)22-17(25)23-16-5-4-13(19)7-15(16)20/h1-8,10H,9H2,(H2,22,23,25). The van der Waals surface area contributed by atoms with Crippen LogP contribution in [0.4, 0.5) is 11.4 Å². The summed E-state index contributed by atoms with van der Waals surface area (Å²) in [5, 5.41) is 12.0. The molecule has 3 aromatic rings. The van der Waals surface area contributed by atoms with Crippen molar-refractivity contribution in [2.24, 2.45) is 0 Å². The van der Waals surface area contributed by atoms with Crippen LogP contribution in [0.1, 0.15) is 5.56 Å². The third-order valence-electron chi connectivity index (χ3n) is 3.31. The molecular weight excluding hydrogens is 443 g/mol. The Morgan fingerprint density at radius 1 is 1.16 bits per heavy atom. The van der Waals surface area contributed by atoms with Crippen molar-refractivity contribution in [3.63, 3.8) is 0 Å². The Morgan fingerprint density at radius 3 is 2.72 bits per heavy atom. The predicted octanol–water partition coefficient (Wildman–Crippen LogP) is 5.81. The predicted molar refractivity (Wildman–Crippen MR) is 112 cm³/mol. The van der Waals surface area contributed by atoms with Gasteiger partial charge in [-0.3, -0.25) is 4.68 Å². The van der Waals surface area contributed by atoms with Crippen molar-refractivity contribution in [2.45, 2.75) is 6.54 Å². The normalized spacial score (nSPS) is 10.5. The molecule has 0 fully saturated rings. The monoisotopic (exact) mass is 454 g/mol. The SMILES string of the molecule is S=C(Nc1cccc(Cn2cc(Br)cn2)c1)Nc1ccc(Cl)cc1Cl. The molecule has 0 aliphatic heterocycles. The van der Waals surface area contributed by atoms with Crippen LogP contribution in [0.25, 0.3) is 0 Å². The molecule has 0 aliphatic rings. The van der Waals surface area contributed by atoms with Crippen molar-refractivity contribution in [3.8, 4) is 0 Å². The van der Waals surface area contributed by atoms with E-state index in [1.807, 2.05) is 35.1 Å². The number of anilines is 2. The van der Waals surface area contributed by atoms with E-state index in [0.717, 1.165) is 15.7 Å². The second kappa shape index (κ2) is 8.19. The smallest absolute Gasteiger partial charge is 0.175 e. The number of halogens is 3. The number of nitrogens with zero attached hydrogens (tertiary/aromatic N) is 2. The van der Waals surface area contributed by atoms with Crippen molar-refractivity contribution >= 4 is 67.8 Å². The van der Waals surface area contributed by atoms with Crippen molar-refractivity contribution in [2.75, 3.05) is 10.6 Å². The molecule has 0 spiro atoms. The van der Waals surface area contributed by atoms with Crippen molar-refractivity contribution < 1.29 is 0 Å². The Bertz CT molecular complexity index is 913. The summed E-state index contributed by atoms with van der Waals surface area (Å²) < 4.78 is 2.81. The van der Waals surface area contributed by atoms with Crippen LogP contribution < -0.4 is 10.6 Å². The molecule has 3 rings (SSSR count). The summed E-state index contributed by atoms with van der Waals surface area (Å²) in [6.45, 7) is 0.671. The first-order valence-corrected chi connectivity index (χ1v) is 9.25. The minimum Gasteiger partial charge on any atom is -0.332 e. The Morgan fingerprint density at radius 2 is 2.00 bits per heavy atom. The highest BCUT2D eigenvalue weighted by Gasteiger charge is 2.05. The van der Waals surface area contributed by atoms with Crippen LogP contribution in [0.15, 0.2) is 59.3 Å². The number of thiocarbonyl (C=S) groups is 1. The van der Waals surface area contributed by atoms with Crippen LogP contribution in [0.5, 0.6) is 0 Å². The van der Waals surface area contributed by atoms with Crippen LogP contribution in [0, 0.1) is 0 Å². The number of rotatable bonds is 4. The third kappa shape index (κ3) is 5.19. The zero-order valence-electron chi connectivity index (χ0n) is 12.8. The van der Waals surface area contributed by atoms with Crippen molar-refractivity contribution in [3.05, 3.63) is 74.9 Å². The number of hydrogen-bond donors (Lipinski definition) is 2. The molecule has 1 aromatic heterocycles. The highest BCUT2D eigenvalue weighted by Crippen LogP contribution is 2.25. The van der Waals surface area contributed by atoms with Gasteiger partial charge < -0.3 is 10.6 Å². The van der Waals surface area contributed by atoms with E-state index in [4.69, 9.17) is 35.4 Å². The van der Waals surface area contributed by atoms with Crippen molar-refractivity contribution in [1.82, 2.24) is 9.78 Å². The number of benzene rings is 2. The average molecular weight is 456 g/mol. The van der Waals surface area contributed by atoms with Gasteiger partial charge in [0, 0.05) is 16.9 Å². The number of hydrogen-bond acceptors (Lipinski definition) is 2. The van der Waals surface area contributed by atoms with Gasteiger partial charge in [0.25, 0.3) is 0 Å². The van der Waals surface area contributed by atoms with E-state index in [9.17, 15) is 0 Å². The minimum absolute atomic E-state index is 0.447. The van der Waals surface area contributed by atoms with E-state index in [2.05, 4.69) is 31.7 Å². The summed E-state index contributed by atoms with van der Waals surface area (Å²) >= 11 is 20.8. The van der Waals surface area contributed by atoms with Gasteiger partial charge in [0.2, 0.25) is 0 Å². The summed E-state index contributed by atoms with van der Waals surface area (Å²) in [5.74, 6) is 0. The maximum Gasteiger partial charge on any atom is 0.175 e. The van der Waals surface area contributed by atoms with Gasteiger partial charge in [-0.25, -0.2) is 0 Å². The van der Waals surface area contributed by atoms with Gasteiger partial charge in [0.1, 0.15) is 0 Å². The first-order chi connectivity index (χ1) is 12.0. The van der Waals surface area contributed by atoms with Crippen LogP contribution in [0.2, 0.25) is 10.0 Å². The van der Waals surface area contributed by atoms with Gasteiger partial charge in [-0.15, -0.1) is 0 Å². The summed E-state index contributed by atoms with van der Waals surface area (Å²) in [7, 11) is 0. The maximum atomic E-state index is 6.15. The van der Waals surface area contributed by atoms with E-state index in [-0.39, 0.29) is 0 Å². The molecule has 0 unspecified atom stereocenters. The summed E-state index contributed by atoms with van der Waals surface area (Å²) in [6.07, 6.45) is 3.69. The maximum absolute atomic E-state index is 6.15. The first kappa shape index (κ1) is 18.2. The average Bonchev–Trinajstić information content (AvgIpc) is 2.95. The van der Waals surface area contributed by atoms with Gasteiger partial charge in [0.05, 0.1) is 27.9 Å². The van der Waals surface area contributed by atoms with Crippen LogP contribution >= 0.6 is 51.3 Å². The molecule has 1 heterocycles. The fraction of sp³-hybridized carbons (Fsp3) is 0.0588. The Balaban J connectivity index is 1.66. The molecule has 0 atom stereocenters. The Hall–Kier alpha value is -1.60. The zero-order valence-corrected chi connectivity index (χ0v) is 16.8. The Labute approximate surface area is 169 Å². The van der Waals surface area contributed by atoms with E-state index in [1.54, 1.807) is 24.4 Å². The molecule has 25 heavy (non-hydrogen) atoms. The molecule has 2 N–H and O–H groups in total. The Kier molecular flexibility index (Phi) is 5.96. The molecule has 0 saturated carbocycles. The lowest BCUT2D eigenvalue weighted by Gasteiger charge is -2.13. The quantitative estimate of drug-likeness (QED) is 0.487. The fourth-order valence-corrected chi connectivity index (χ4v) is 3.25. The van der Waals surface area contributed by atoms with Crippen molar-refractivity contribution in [1.29, 1.82) is 0 Å². The topological polar surface area (TPSA) is 41.9 Å². The lowest BCUT2D eigenvalue weighted by molar-refractivity contribution is 0.687. The molecular formula is C17H13BrCl2N4S. The highest BCUT2D eigenvalue weighted by molar-refractivity contribution is 9.10. The second-order valence-electron chi connectivity index (χ2n) is 5.26. The molecule has 0 amide bonds. The van der Waals surface area contributed by atoms with Gasteiger partial charge >= 0.3 is 0 Å². The zero-order chi connectivity index (χ0) is 17.8. The molecule has 0 radical (unpaired) electrons. The fourth-order valence-electron chi connectivity index (χ4n) is 2.23.